The van der Waals surface area contributed by atoms with Crippen LogP contribution >= 0.6 is 0 Å². The summed E-state index contributed by atoms with van der Waals surface area (Å²) in [4.78, 5) is 11.6. The van der Waals surface area contributed by atoms with Gasteiger partial charge in [0.15, 0.2) is 0 Å². The van der Waals surface area contributed by atoms with Gasteiger partial charge in [-0.3, -0.25) is 4.79 Å². The van der Waals surface area contributed by atoms with Crippen LogP contribution < -0.4 is 15.4 Å². The third-order valence-corrected chi connectivity index (χ3v) is 2.85. The van der Waals surface area contributed by atoms with Crippen LogP contribution in [0.2, 0.25) is 0 Å². The summed E-state index contributed by atoms with van der Waals surface area (Å²) in [5.41, 5.74) is 1.09. The Balaban J connectivity index is 1.80. The molecule has 1 aliphatic rings. The van der Waals surface area contributed by atoms with Gasteiger partial charge in [0.1, 0.15) is 5.75 Å². The second-order valence-electron chi connectivity index (χ2n) is 4.15. The number of ether oxygens (including phenoxy) is 1. The lowest BCUT2D eigenvalue weighted by Crippen LogP contribution is -2.50. The maximum atomic E-state index is 11.6. The van der Waals surface area contributed by atoms with Crippen LogP contribution in [0, 0.1) is 5.92 Å². The molecule has 1 aliphatic heterocycles. The molecule has 0 saturated carbocycles. The van der Waals surface area contributed by atoms with Crippen molar-refractivity contribution in [3.05, 3.63) is 29.8 Å². The Morgan fingerprint density at radius 2 is 2.12 bits per heavy atom. The van der Waals surface area contributed by atoms with Crippen molar-refractivity contribution < 1.29 is 9.53 Å². The molecular weight excluding hydrogens is 216 g/mol. The molecule has 1 aromatic rings. The van der Waals surface area contributed by atoms with E-state index in [4.69, 9.17) is 4.74 Å². The average molecular weight is 234 g/mol. The van der Waals surface area contributed by atoms with Gasteiger partial charge in [0, 0.05) is 19.6 Å². The van der Waals surface area contributed by atoms with Crippen LogP contribution in [-0.2, 0) is 11.3 Å². The second-order valence-corrected chi connectivity index (χ2v) is 4.15. The number of amides is 1. The Kier molecular flexibility index (Phi) is 3.98. The van der Waals surface area contributed by atoms with Crippen molar-refractivity contribution in [3.8, 4) is 5.75 Å². The first-order valence-electron chi connectivity index (χ1n) is 5.99. The smallest absolute Gasteiger partial charge is 0.225 e. The van der Waals surface area contributed by atoms with E-state index in [-0.39, 0.29) is 11.8 Å². The van der Waals surface area contributed by atoms with E-state index in [0.717, 1.165) is 24.4 Å². The Bertz CT molecular complexity index is 372. The van der Waals surface area contributed by atoms with Crippen molar-refractivity contribution in [1.29, 1.82) is 0 Å². The Labute approximate surface area is 101 Å². The van der Waals surface area contributed by atoms with Crippen molar-refractivity contribution in [3.63, 3.8) is 0 Å². The summed E-state index contributed by atoms with van der Waals surface area (Å²) in [5.74, 6) is 1.15. The molecule has 2 rings (SSSR count). The van der Waals surface area contributed by atoms with E-state index in [0.29, 0.717) is 13.2 Å². The lowest BCUT2D eigenvalue weighted by Gasteiger charge is -2.25. The third kappa shape index (κ3) is 3.20. The highest BCUT2D eigenvalue weighted by Crippen LogP contribution is 2.12. The van der Waals surface area contributed by atoms with Crippen LogP contribution in [0.1, 0.15) is 12.5 Å². The summed E-state index contributed by atoms with van der Waals surface area (Å²) >= 11 is 0. The van der Waals surface area contributed by atoms with Crippen LogP contribution in [0.15, 0.2) is 24.3 Å². The molecule has 1 aromatic carbocycles. The summed E-state index contributed by atoms with van der Waals surface area (Å²) in [6.07, 6.45) is 0. The highest BCUT2D eigenvalue weighted by Gasteiger charge is 2.24. The molecule has 0 unspecified atom stereocenters. The zero-order chi connectivity index (χ0) is 12.1. The van der Waals surface area contributed by atoms with Gasteiger partial charge in [0.2, 0.25) is 5.91 Å². The van der Waals surface area contributed by atoms with E-state index in [1.165, 1.54) is 0 Å². The van der Waals surface area contributed by atoms with Gasteiger partial charge in [-0.2, -0.15) is 0 Å². The van der Waals surface area contributed by atoms with Crippen LogP contribution in [0.5, 0.6) is 5.75 Å². The van der Waals surface area contributed by atoms with E-state index < -0.39 is 0 Å². The topological polar surface area (TPSA) is 50.4 Å². The summed E-state index contributed by atoms with van der Waals surface area (Å²) in [7, 11) is 0. The molecule has 17 heavy (non-hydrogen) atoms. The molecule has 0 aromatic heterocycles. The number of benzene rings is 1. The predicted octanol–water partition coefficient (Wildman–Crippen LogP) is 0.921. The van der Waals surface area contributed by atoms with E-state index >= 15 is 0 Å². The number of carbonyl (C=O) groups excluding carboxylic acids is 1. The lowest BCUT2D eigenvalue weighted by atomic mass is 10.0. The number of hydrogen-bond acceptors (Lipinski definition) is 3. The largest absolute Gasteiger partial charge is 0.494 e. The first-order chi connectivity index (χ1) is 8.29. The molecule has 92 valence electrons. The van der Waals surface area contributed by atoms with Crippen molar-refractivity contribution in [1.82, 2.24) is 10.6 Å². The highest BCUT2D eigenvalue weighted by molar-refractivity contribution is 5.79. The second kappa shape index (κ2) is 5.68. The molecule has 0 atom stereocenters. The quantitative estimate of drug-likeness (QED) is 0.796. The number of rotatable bonds is 5. The van der Waals surface area contributed by atoms with Crippen molar-refractivity contribution in [2.24, 2.45) is 5.92 Å². The molecule has 1 amide bonds. The maximum Gasteiger partial charge on any atom is 0.225 e. The maximum absolute atomic E-state index is 11.6. The standard InChI is InChI=1S/C13H18N2O2/c1-2-17-12-5-3-10(4-6-12)7-15-13(16)11-8-14-9-11/h3-6,11,14H,2,7-9H2,1H3,(H,15,16). The molecule has 0 radical (unpaired) electrons. The summed E-state index contributed by atoms with van der Waals surface area (Å²) in [6, 6.07) is 7.81. The van der Waals surface area contributed by atoms with Gasteiger partial charge < -0.3 is 15.4 Å². The first-order valence-corrected chi connectivity index (χ1v) is 5.99. The fourth-order valence-corrected chi connectivity index (χ4v) is 1.68. The van der Waals surface area contributed by atoms with E-state index in [9.17, 15) is 4.79 Å². The molecule has 4 nitrogen and oxygen atoms in total. The fraction of sp³-hybridized carbons (Fsp3) is 0.462. The van der Waals surface area contributed by atoms with Gasteiger partial charge >= 0.3 is 0 Å². The Hall–Kier alpha value is -1.55. The van der Waals surface area contributed by atoms with Crippen LogP contribution in [0.25, 0.3) is 0 Å². The minimum Gasteiger partial charge on any atom is -0.494 e. The average Bonchev–Trinajstić information content (AvgIpc) is 2.26. The normalized spacial score (nSPS) is 15.1. The minimum absolute atomic E-state index is 0.137. The summed E-state index contributed by atoms with van der Waals surface area (Å²) in [6.45, 7) is 4.82. The van der Waals surface area contributed by atoms with E-state index in [2.05, 4.69) is 10.6 Å². The third-order valence-electron chi connectivity index (χ3n) is 2.85. The predicted molar refractivity (Wildman–Crippen MR) is 65.8 cm³/mol. The number of hydrogen-bond donors (Lipinski definition) is 2. The van der Waals surface area contributed by atoms with Gasteiger partial charge in [-0.15, -0.1) is 0 Å². The monoisotopic (exact) mass is 234 g/mol. The van der Waals surface area contributed by atoms with Gasteiger partial charge in [0.25, 0.3) is 0 Å². The Morgan fingerprint density at radius 1 is 1.41 bits per heavy atom. The van der Waals surface area contributed by atoms with Crippen LogP contribution in [0.3, 0.4) is 0 Å². The molecule has 0 spiro atoms. The summed E-state index contributed by atoms with van der Waals surface area (Å²) < 4.78 is 5.36. The highest BCUT2D eigenvalue weighted by atomic mass is 16.5. The van der Waals surface area contributed by atoms with Crippen molar-refractivity contribution in [2.75, 3.05) is 19.7 Å². The zero-order valence-corrected chi connectivity index (χ0v) is 10.0. The molecule has 4 heteroatoms. The van der Waals surface area contributed by atoms with E-state index in [1.807, 2.05) is 31.2 Å². The van der Waals surface area contributed by atoms with Gasteiger partial charge in [0.05, 0.1) is 12.5 Å². The van der Waals surface area contributed by atoms with Gasteiger partial charge in [-0.05, 0) is 24.6 Å². The molecular formula is C13H18N2O2. The zero-order valence-electron chi connectivity index (χ0n) is 10.0. The Morgan fingerprint density at radius 3 is 2.65 bits per heavy atom. The van der Waals surface area contributed by atoms with Gasteiger partial charge in [-0.25, -0.2) is 0 Å². The minimum atomic E-state index is 0.137. The van der Waals surface area contributed by atoms with Crippen molar-refractivity contribution in [2.45, 2.75) is 13.5 Å². The SMILES string of the molecule is CCOc1ccc(CNC(=O)C2CNC2)cc1. The number of nitrogens with one attached hydrogen (secondary N) is 2. The first kappa shape index (κ1) is 11.9. The van der Waals surface area contributed by atoms with Crippen LogP contribution in [-0.4, -0.2) is 25.6 Å². The lowest BCUT2D eigenvalue weighted by molar-refractivity contribution is -0.126. The number of carbonyl (C=O) groups is 1. The molecule has 0 aliphatic carbocycles. The van der Waals surface area contributed by atoms with E-state index in [1.54, 1.807) is 0 Å². The van der Waals surface area contributed by atoms with Crippen molar-refractivity contribution >= 4 is 5.91 Å². The molecule has 2 N–H and O–H groups in total. The molecule has 0 bridgehead atoms. The summed E-state index contributed by atoms with van der Waals surface area (Å²) in [5, 5.41) is 6.02. The fourth-order valence-electron chi connectivity index (χ4n) is 1.68. The van der Waals surface area contributed by atoms with Crippen LogP contribution in [0.4, 0.5) is 0 Å². The molecule has 1 heterocycles. The molecule has 1 fully saturated rings. The van der Waals surface area contributed by atoms with Gasteiger partial charge in [-0.1, -0.05) is 12.1 Å². The molecule has 1 saturated heterocycles.